The van der Waals surface area contributed by atoms with Crippen LogP contribution in [0.2, 0.25) is 0 Å². The number of rotatable bonds is 5. The second kappa shape index (κ2) is 9.73. The van der Waals surface area contributed by atoms with Crippen LogP contribution >= 0.6 is 11.3 Å². The maximum Gasteiger partial charge on any atom is 0.322 e. The van der Waals surface area contributed by atoms with Crippen LogP contribution in [-0.2, 0) is 16.0 Å². The van der Waals surface area contributed by atoms with E-state index in [1.54, 1.807) is 18.3 Å². The van der Waals surface area contributed by atoms with E-state index < -0.39 is 0 Å². The summed E-state index contributed by atoms with van der Waals surface area (Å²) in [7, 11) is 0. The van der Waals surface area contributed by atoms with Gasteiger partial charge in [-0.25, -0.2) is 4.79 Å². The van der Waals surface area contributed by atoms with Gasteiger partial charge in [0.2, 0.25) is 0 Å². The minimum Gasteiger partial charge on any atom is -0.466 e. The van der Waals surface area contributed by atoms with E-state index in [1.807, 2.05) is 29.2 Å². The molecule has 2 heterocycles. The molecule has 1 fully saturated rings. The van der Waals surface area contributed by atoms with Crippen molar-refractivity contribution < 1.29 is 14.3 Å². The summed E-state index contributed by atoms with van der Waals surface area (Å²) in [6, 6.07) is 11.8. The van der Waals surface area contributed by atoms with Crippen molar-refractivity contribution >= 4 is 29.0 Å². The Morgan fingerprint density at radius 3 is 2.61 bits per heavy atom. The van der Waals surface area contributed by atoms with Gasteiger partial charge in [-0.3, -0.25) is 4.79 Å². The Balaban J connectivity index is 1.67. The molecule has 150 valence electrons. The van der Waals surface area contributed by atoms with E-state index in [-0.39, 0.29) is 24.5 Å². The summed E-state index contributed by atoms with van der Waals surface area (Å²) in [5.74, 6) is -0.238. The lowest BCUT2D eigenvalue weighted by molar-refractivity contribution is -0.142. The Morgan fingerprint density at radius 2 is 1.93 bits per heavy atom. The zero-order chi connectivity index (χ0) is 19.9. The fourth-order valence-electron chi connectivity index (χ4n) is 3.56. The molecular weight excluding hydrogens is 372 g/mol. The molecule has 0 bridgehead atoms. The average Bonchev–Trinajstić information content (AvgIpc) is 2.95. The van der Waals surface area contributed by atoms with Crippen LogP contribution in [0.25, 0.3) is 0 Å². The highest BCUT2D eigenvalue weighted by molar-refractivity contribution is 7.12. The van der Waals surface area contributed by atoms with Gasteiger partial charge in [-0.2, -0.15) is 0 Å². The summed E-state index contributed by atoms with van der Waals surface area (Å²) in [6.45, 7) is 5.05. The number of carbonyl (C=O) groups is 2. The fraction of sp³-hybridized carbons (Fsp3) is 0.455. The number of thiophene rings is 1. The lowest BCUT2D eigenvalue weighted by Gasteiger charge is -2.29. The molecule has 0 radical (unpaired) electrons. The van der Waals surface area contributed by atoms with Crippen LogP contribution in [0.5, 0.6) is 0 Å². The summed E-state index contributed by atoms with van der Waals surface area (Å²) in [5, 5.41) is 3.03. The molecule has 1 saturated heterocycles. The predicted molar refractivity (Wildman–Crippen MR) is 113 cm³/mol. The molecule has 5 nitrogen and oxygen atoms in total. The number of esters is 1. The number of ether oxygens (including phenoxy) is 1. The molecule has 1 N–H and O–H groups in total. The van der Waals surface area contributed by atoms with E-state index >= 15 is 0 Å². The van der Waals surface area contributed by atoms with Crippen molar-refractivity contribution in [3.8, 4) is 0 Å². The van der Waals surface area contributed by atoms with Crippen LogP contribution in [0.15, 0.2) is 36.4 Å². The Kier molecular flexibility index (Phi) is 7.09. The summed E-state index contributed by atoms with van der Waals surface area (Å²) in [6.07, 6.45) is 4.59. The van der Waals surface area contributed by atoms with E-state index in [9.17, 15) is 9.59 Å². The van der Waals surface area contributed by atoms with Gasteiger partial charge in [-0.15, -0.1) is 11.3 Å². The van der Waals surface area contributed by atoms with Crippen molar-refractivity contribution in [2.24, 2.45) is 0 Å². The summed E-state index contributed by atoms with van der Waals surface area (Å²) < 4.78 is 4.97. The third-order valence-corrected chi connectivity index (χ3v) is 6.06. The molecule has 2 aromatic rings. The molecule has 28 heavy (non-hydrogen) atoms. The second-order valence-electron chi connectivity index (χ2n) is 7.12. The van der Waals surface area contributed by atoms with Crippen LogP contribution in [0.4, 0.5) is 10.5 Å². The Labute approximate surface area is 170 Å². The zero-order valence-corrected chi connectivity index (χ0v) is 17.4. The van der Waals surface area contributed by atoms with Crippen LogP contribution in [0.1, 0.15) is 54.0 Å². The highest BCUT2D eigenvalue weighted by Gasteiger charge is 2.27. The molecule has 0 aliphatic carbocycles. The van der Waals surface area contributed by atoms with Crippen molar-refractivity contribution in [2.75, 3.05) is 18.5 Å². The highest BCUT2D eigenvalue weighted by atomic mass is 32.1. The van der Waals surface area contributed by atoms with E-state index in [0.717, 1.165) is 43.5 Å². The van der Waals surface area contributed by atoms with Crippen LogP contribution in [0.3, 0.4) is 0 Å². The average molecular weight is 401 g/mol. The highest BCUT2D eigenvalue weighted by Crippen LogP contribution is 2.34. The molecule has 3 rings (SSSR count). The summed E-state index contributed by atoms with van der Waals surface area (Å²) in [4.78, 5) is 29.1. The number of nitrogens with zero attached hydrogens (tertiary/aromatic N) is 1. The predicted octanol–water partition coefficient (Wildman–Crippen LogP) is 5.31. The molecule has 0 unspecified atom stereocenters. The number of anilines is 1. The maximum atomic E-state index is 13.0. The van der Waals surface area contributed by atoms with Crippen molar-refractivity contribution in [2.45, 2.75) is 52.0 Å². The minimum absolute atomic E-state index is 0.0592. The first-order valence-electron chi connectivity index (χ1n) is 9.95. The van der Waals surface area contributed by atoms with E-state index in [4.69, 9.17) is 4.74 Å². The number of aryl methyl sites for hydroxylation is 1. The van der Waals surface area contributed by atoms with E-state index in [1.165, 1.54) is 9.75 Å². The number of likely N-dealkylation sites (tertiary alicyclic amines) is 1. The van der Waals surface area contributed by atoms with Crippen molar-refractivity contribution in [1.82, 2.24) is 4.90 Å². The van der Waals surface area contributed by atoms with E-state index in [2.05, 4.69) is 24.4 Å². The third kappa shape index (κ3) is 5.35. The van der Waals surface area contributed by atoms with Gasteiger partial charge >= 0.3 is 12.0 Å². The van der Waals surface area contributed by atoms with Crippen molar-refractivity contribution in [3.63, 3.8) is 0 Å². The second-order valence-corrected chi connectivity index (χ2v) is 8.44. The van der Waals surface area contributed by atoms with Gasteiger partial charge in [-0.05, 0) is 56.5 Å². The number of hydrogen-bond donors (Lipinski definition) is 1. The van der Waals surface area contributed by atoms with Crippen LogP contribution in [-0.4, -0.2) is 30.1 Å². The number of nitrogens with one attached hydrogen (secondary N) is 1. The molecular formula is C22H28N2O3S. The van der Waals surface area contributed by atoms with Crippen molar-refractivity contribution in [3.05, 3.63) is 51.7 Å². The van der Waals surface area contributed by atoms with E-state index in [0.29, 0.717) is 6.61 Å². The Hall–Kier alpha value is -2.34. The molecule has 1 aromatic carbocycles. The van der Waals surface area contributed by atoms with Crippen molar-refractivity contribution in [1.29, 1.82) is 0 Å². The molecule has 2 amide bonds. The number of amides is 2. The minimum atomic E-state index is -0.238. The number of benzene rings is 1. The smallest absolute Gasteiger partial charge is 0.322 e. The first kappa shape index (κ1) is 20.4. The first-order valence-corrected chi connectivity index (χ1v) is 10.8. The topological polar surface area (TPSA) is 58.6 Å². The van der Waals surface area contributed by atoms with Gasteiger partial charge in [0.05, 0.1) is 19.1 Å². The SMILES string of the molecule is CCOC(=O)Cc1ccc(NC(=O)N2CCCCC[C@H]2c2ccc(C)s2)cc1. The molecule has 1 aliphatic heterocycles. The summed E-state index contributed by atoms with van der Waals surface area (Å²) >= 11 is 1.78. The van der Waals surface area contributed by atoms with Gasteiger partial charge in [0, 0.05) is 22.0 Å². The Bertz CT molecular complexity index is 800. The maximum absolute atomic E-state index is 13.0. The van der Waals surface area contributed by atoms with Gasteiger partial charge in [0.1, 0.15) is 0 Å². The Morgan fingerprint density at radius 1 is 1.14 bits per heavy atom. The first-order chi connectivity index (χ1) is 13.6. The monoisotopic (exact) mass is 400 g/mol. The van der Waals surface area contributed by atoms with Gasteiger partial charge in [0.15, 0.2) is 0 Å². The molecule has 6 heteroatoms. The molecule has 1 aliphatic rings. The summed E-state index contributed by atoms with van der Waals surface area (Å²) in [5.41, 5.74) is 1.61. The lowest BCUT2D eigenvalue weighted by Crippen LogP contribution is -2.37. The van der Waals surface area contributed by atoms with Crippen LogP contribution in [0, 0.1) is 6.92 Å². The van der Waals surface area contributed by atoms with Crippen LogP contribution < -0.4 is 5.32 Å². The molecule has 0 saturated carbocycles. The van der Waals surface area contributed by atoms with Gasteiger partial charge < -0.3 is 15.0 Å². The third-order valence-electron chi connectivity index (χ3n) is 4.96. The fourth-order valence-corrected chi connectivity index (χ4v) is 4.58. The quantitative estimate of drug-likeness (QED) is 0.692. The zero-order valence-electron chi connectivity index (χ0n) is 16.6. The molecule has 1 aromatic heterocycles. The molecule has 0 spiro atoms. The number of hydrogen-bond acceptors (Lipinski definition) is 4. The number of carbonyl (C=O) groups excluding carboxylic acids is 2. The molecule has 1 atom stereocenters. The standard InChI is InChI=1S/C22H28N2O3S/c1-3-27-21(25)15-17-9-11-18(12-10-17)23-22(26)24-14-6-4-5-7-19(24)20-13-8-16(2)28-20/h8-13,19H,3-7,14-15H2,1-2H3,(H,23,26)/t19-/m0/s1. The largest absolute Gasteiger partial charge is 0.466 e. The lowest BCUT2D eigenvalue weighted by atomic mass is 10.1. The van der Waals surface area contributed by atoms with Gasteiger partial charge in [0.25, 0.3) is 0 Å². The number of urea groups is 1. The normalized spacial score (nSPS) is 17.1. The van der Waals surface area contributed by atoms with Gasteiger partial charge in [-0.1, -0.05) is 25.0 Å².